The van der Waals surface area contributed by atoms with Gasteiger partial charge in [0.2, 0.25) is 0 Å². The third kappa shape index (κ3) is 1.56. The minimum atomic E-state index is 0.357. The average Bonchev–Trinajstić information content (AvgIpc) is 2.76. The van der Waals surface area contributed by atoms with Crippen molar-refractivity contribution in [3.63, 3.8) is 0 Å². The van der Waals surface area contributed by atoms with Crippen molar-refractivity contribution in [2.45, 2.75) is 0 Å². The minimum absolute atomic E-state index is 0.357. The van der Waals surface area contributed by atoms with Crippen molar-refractivity contribution in [2.75, 3.05) is 0 Å². The van der Waals surface area contributed by atoms with Crippen LogP contribution in [0.4, 0.5) is 0 Å². The topological polar surface area (TPSA) is 38.7 Å². The monoisotopic (exact) mass is 247 g/mol. The molecule has 1 aromatic carbocycles. The molecule has 2 heterocycles. The van der Waals surface area contributed by atoms with Crippen LogP contribution in [0.2, 0.25) is 5.15 Å². The van der Waals surface area contributed by atoms with Crippen molar-refractivity contribution in [2.24, 2.45) is 0 Å². The molecule has 0 bridgehead atoms. The maximum Gasteiger partial charge on any atom is 0.178 e. The smallest absolute Gasteiger partial charge is 0.178 e. The number of thiazole rings is 1. The Balaban J connectivity index is 2.23. The van der Waals surface area contributed by atoms with E-state index in [1.807, 2.05) is 30.3 Å². The van der Waals surface area contributed by atoms with Gasteiger partial charge in [-0.15, -0.1) is 16.4 Å². The Morgan fingerprint density at radius 1 is 1.12 bits per heavy atom. The van der Waals surface area contributed by atoms with Crippen LogP contribution < -0.4 is 0 Å². The molecule has 3 rings (SSSR count). The summed E-state index contributed by atoms with van der Waals surface area (Å²) < 4.78 is 0.957. The van der Waals surface area contributed by atoms with Crippen molar-refractivity contribution >= 4 is 33.2 Å². The Morgan fingerprint density at radius 3 is 2.69 bits per heavy atom. The molecule has 78 valence electrons. The highest BCUT2D eigenvalue weighted by atomic mass is 35.5. The molecule has 0 amide bonds. The van der Waals surface area contributed by atoms with Gasteiger partial charge in [-0.1, -0.05) is 41.9 Å². The lowest BCUT2D eigenvalue weighted by Gasteiger charge is -1.92. The summed E-state index contributed by atoms with van der Waals surface area (Å²) in [7, 11) is 0. The number of aromatic nitrogens is 3. The predicted molar refractivity (Wildman–Crippen MR) is 65.7 cm³/mol. The molecule has 2 aromatic heterocycles. The molecule has 0 N–H and O–H groups in total. The quantitative estimate of drug-likeness (QED) is 0.662. The first kappa shape index (κ1) is 9.69. The van der Waals surface area contributed by atoms with Crippen LogP contribution >= 0.6 is 22.9 Å². The predicted octanol–water partition coefficient (Wildman–Crippen LogP) is 3.41. The van der Waals surface area contributed by atoms with Crippen molar-refractivity contribution in [3.8, 4) is 10.6 Å². The minimum Gasteiger partial charge on any atom is -0.233 e. The molecule has 3 nitrogen and oxygen atoms in total. The number of nitrogens with zero attached hydrogens (tertiary/aromatic N) is 3. The van der Waals surface area contributed by atoms with Gasteiger partial charge in [0.25, 0.3) is 0 Å². The van der Waals surface area contributed by atoms with E-state index < -0.39 is 0 Å². The lowest BCUT2D eigenvalue weighted by molar-refractivity contribution is 1.05. The molecule has 5 heteroatoms. The van der Waals surface area contributed by atoms with Crippen molar-refractivity contribution in [1.82, 2.24) is 15.2 Å². The Labute approximate surface area is 101 Å². The van der Waals surface area contributed by atoms with Crippen molar-refractivity contribution in [1.29, 1.82) is 0 Å². The van der Waals surface area contributed by atoms with Gasteiger partial charge < -0.3 is 0 Å². The third-order valence-electron chi connectivity index (χ3n) is 2.19. The van der Waals surface area contributed by atoms with E-state index in [0.717, 1.165) is 20.8 Å². The van der Waals surface area contributed by atoms with Crippen LogP contribution in [0, 0.1) is 0 Å². The van der Waals surface area contributed by atoms with E-state index in [-0.39, 0.29) is 0 Å². The molecule has 3 aromatic rings. The van der Waals surface area contributed by atoms with Gasteiger partial charge in [0.1, 0.15) is 10.5 Å². The van der Waals surface area contributed by atoms with Gasteiger partial charge in [-0.3, -0.25) is 0 Å². The fourth-order valence-corrected chi connectivity index (χ4v) is 2.63. The van der Waals surface area contributed by atoms with Crippen LogP contribution in [0.1, 0.15) is 0 Å². The standard InChI is InChI=1S/C11H6ClN3S/c12-10-9-8(6-13-15-10)16-11(14-9)7-4-2-1-3-5-7/h1-6H. The van der Waals surface area contributed by atoms with Crippen LogP contribution in [-0.4, -0.2) is 15.2 Å². The van der Waals surface area contributed by atoms with Crippen molar-refractivity contribution < 1.29 is 0 Å². The molecule has 16 heavy (non-hydrogen) atoms. The summed E-state index contributed by atoms with van der Waals surface area (Å²) in [5.41, 5.74) is 1.81. The molecule has 0 spiro atoms. The van der Waals surface area contributed by atoms with Gasteiger partial charge in [0.05, 0.1) is 10.9 Å². The summed E-state index contributed by atoms with van der Waals surface area (Å²) >= 11 is 7.49. The SMILES string of the molecule is Clc1nncc2sc(-c3ccccc3)nc12. The Bertz CT molecular complexity index is 636. The van der Waals surface area contributed by atoms with Crippen LogP contribution in [0.5, 0.6) is 0 Å². The fraction of sp³-hybridized carbons (Fsp3) is 0. The molecule has 0 radical (unpaired) electrons. The van der Waals surface area contributed by atoms with Crippen LogP contribution in [0.3, 0.4) is 0 Å². The molecule has 0 saturated heterocycles. The van der Waals surface area contributed by atoms with E-state index in [1.54, 1.807) is 17.5 Å². The van der Waals surface area contributed by atoms with Gasteiger partial charge in [-0.05, 0) is 0 Å². The molecular weight excluding hydrogens is 242 g/mol. The first-order chi connectivity index (χ1) is 7.84. The molecule has 0 aliphatic heterocycles. The van der Waals surface area contributed by atoms with E-state index in [2.05, 4.69) is 15.2 Å². The zero-order valence-electron chi connectivity index (χ0n) is 8.09. The van der Waals surface area contributed by atoms with Gasteiger partial charge in [-0.25, -0.2) is 4.98 Å². The lowest BCUT2D eigenvalue weighted by atomic mass is 10.2. The zero-order chi connectivity index (χ0) is 11.0. The Kier molecular flexibility index (Phi) is 2.31. The van der Waals surface area contributed by atoms with Gasteiger partial charge >= 0.3 is 0 Å². The molecular formula is C11H6ClN3S. The number of rotatable bonds is 1. The van der Waals surface area contributed by atoms with E-state index in [1.165, 1.54) is 0 Å². The van der Waals surface area contributed by atoms with E-state index in [4.69, 9.17) is 11.6 Å². The van der Waals surface area contributed by atoms with E-state index in [9.17, 15) is 0 Å². The number of benzene rings is 1. The lowest BCUT2D eigenvalue weighted by Crippen LogP contribution is -1.81. The molecule has 0 atom stereocenters. The average molecular weight is 248 g/mol. The normalized spacial score (nSPS) is 10.8. The number of hydrogen-bond donors (Lipinski definition) is 0. The summed E-state index contributed by atoms with van der Waals surface area (Å²) in [6, 6.07) is 9.99. The van der Waals surface area contributed by atoms with Crippen LogP contribution in [0.15, 0.2) is 36.5 Å². The van der Waals surface area contributed by atoms with Gasteiger partial charge in [-0.2, -0.15) is 5.10 Å². The third-order valence-corrected chi connectivity index (χ3v) is 3.48. The summed E-state index contributed by atoms with van der Waals surface area (Å²) in [4.78, 5) is 4.47. The van der Waals surface area contributed by atoms with Gasteiger partial charge in [0, 0.05) is 5.56 Å². The van der Waals surface area contributed by atoms with E-state index in [0.29, 0.717) is 5.15 Å². The van der Waals surface area contributed by atoms with E-state index >= 15 is 0 Å². The summed E-state index contributed by atoms with van der Waals surface area (Å²) in [5.74, 6) is 0. The highest BCUT2D eigenvalue weighted by molar-refractivity contribution is 7.21. The first-order valence-corrected chi connectivity index (χ1v) is 5.87. The Hall–Kier alpha value is -1.52. The highest BCUT2D eigenvalue weighted by Crippen LogP contribution is 2.31. The molecule has 0 aliphatic rings. The van der Waals surface area contributed by atoms with Crippen LogP contribution in [0.25, 0.3) is 20.8 Å². The first-order valence-electron chi connectivity index (χ1n) is 4.68. The summed E-state index contributed by atoms with van der Waals surface area (Å²) in [6.45, 7) is 0. The number of fused-ring (bicyclic) bond motifs is 1. The highest BCUT2D eigenvalue weighted by Gasteiger charge is 2.09. The maximum atomic E-state index is 5.93. The largest absolute Gasteiger partial charge is 0.233 e. The second-order valence-electron chi connectivity index (χ2n) is 3.23. The Morgan fingerprint density at radius 2 is 1.94 bits per heavy atom. The van der Waals surface area contributed by atoms with Crippen molar-refractivity contribution in [3.05, 3.63) is 41.7 Å². The molecule has 0 saturated carbocycles. The maximum absolute atomic E-state index is 5.93. The molecule has 0 unspecified atom stereocenters. The number of halogens is 1. The molecule has 0 fully saturated rings. The summed E-state index contributed by atoms with van der Waals surface area (Å²) in [6.07, 6.45) is 1.69. The number of hydrogen-bond acceptors (Lipinski definition) is 4. The second kappa shape index (κ2) is 3.81. The van der Waals surface area contributed by atoms with Gasteiger partial charge in [0.15, 0.2) is 5.15 Å². The summed E-state index contributed by atoms with van der Waals surface area (Å²) in [5, 5.41) is 8.88. The fourth-order valence-electron chi connectivity index (χ4n) is 1.45. The molecule has 0 aliphatic carbocycles. The van der Waals surface area contributed by atoms with Crippen LogP contribution in [-0.2, 0) is 0 Å². The zero-order valence-corrected chi connectivity index (χ0v) is 9.66. The second-order valence-corrected chi connectivity index (χ2v) is 4.62.